The number of carbonyl (C=O) groups is 1. The zero-order valence-corrected chi connectivity index (χ0v) is 14.0. The number of rotatable bonds is 6. The van der Waals surface area contributed by atoms with Crippen LogP contribution in [0.4, 0.5) is 0 Å². The lowest BCUT2D eigenvalue weighted by atomic mass is 10.3. The number of hydrogen-bond donors (Lipinski definition) is 1. The molecule has 3 aromatic heterocycles. The summed E-state index contributed by atoms with van der Waals surface area (Å²) >= 11 is 0. The second-order valence-corrected chi connectivity index (χ2v) is 5.48. The van der Waals surface area contributed by atoms with Gasteiger partial charge in [-0.3, -0.25) is 14.4 Å². The molecule has 3 aromatic rings. The molecule has 3 heterocycles. The van der Waals surface area contributed by atoms with E-state index in [1.54, 1.807) is 31.5 Å². The lowest BCUT2D eigenvalue weighted by Crippen LogP contribution is -2.39. The van der Waals surface area contributed by atoms with Gasteiger partial charge >= 0.3 is 0 Å². The first-order valence-electron chi connectivity index (χ1n) is 7.96. The Labute approximate surface area is 147 Å². The van der Waals surface area contributed by atoms with E-state index in [0.29, 0.717) is 5.82 Å². The van der Waals surface area contributed by atoms with Crippen molar-refractivity contribution >= 4 is 5.91 Å². The van der Waals surface area contributed by atoms with Crippen molar-refractivity contribution in [2.24, 2.45) is 0 Å². The van der Waals surface area contributed by atoms with Crippen LogP contribution in [0.25, 0.3) is 5.82 Å². The zero-order valence-electron chi connectivity index (χ0n) is 14.0. The van der Waals surface area contributed by atoms with E-state index in [1.807, 2.05) is 0 Å². The molecule has 10 heteroatoms. The molecule has 0 saturated heterocycles. The van der Waals surface area contributed by atoms with Gasteiger partial charge in [0.1, 0.15) is 6.04 Å². The second-order valence-electron chi connectivity index (χ2n) is 5.48. The Morgan fingerprint density at radius 2 is 1.92 bits per heavy atom. The highest BCUT2D eigenvalue weighted by molar-refractivity contribution is 5.79. The van der Waals surface area contributed by atoms with Gasteiger partial charge in [0, 0.05) is 37.3 Å². The van der Waals surface area contributed by atoms with Gasteiger partial charge < -0.3 is 5.32 Å². The van der Waals surface area contributed by atoms with Crippen LogP contribution in [0.2, 0.25) is 0 Å². The molecule has 1 N–H and O–H groups in total. The molecule has 0 fully saturated rings. The molecule has 0 aliphatic carbocycles. The van der Waals surface area contributed by atoms with E-state index in [4.69, 9.17) is 0 Å². The Morgan fingerprint density at radius 3 is 2.65 bits per heavy atom. The number of aromatic nitrogens is 6. The van der Waals surface area contributed by atoms with E-state index in [-0.39, 0.29) is 24.6 Å². The van der Waals surface area contributed by atoms with Gasteiger partial charge in [0.05, 0.1) is 6.54 Å². The minimum atomic E-state index is -0.821. The highest BCUT2D eigenvalue weighted by Crippen LogP contribution is 2.04. The fourth-order valence-corrected chi connectivity index (χ4v) is 2.32. The first-order chi connectivity index (χ1) is 12.6. The predicted octanol–water partition coefficient (Wildman–Crippen LogP) is -0.637. The third-order valence-electron chi connectivity index (χ3n) is 3.70. The van der Waals surface area contributed by atoms with Crippen LogP contribution in [-0.4, -0.2) is 41.8 Å². The second kappa shape index (κ2) is 7.55. The van der Waals surface area contributed by atoms with Crippen molar-refractivity contribution in [1.29, 1.82) is 0 Å². The summed E-state index contributed by atoms with van der Waals surface area (Å²) in [6.45, 7) is 2.00. The standard InChI is InChI=1S/C16H17N7O3/c1-12(16(26)17-9-11-22-14(24)4-2-7-19-22)23-15(25)6-5-13(20-23)21-10-3-8-18-21/h2-8,10,12H,9,11H2,1H3,(H,17,26). The molecule has 0 aliphatic heterocycles. The van der Waals surface area contributed by atoms with Crippen LogP contribution in [0, 0.1) is 0 Å². The third kappa shape index (κ3) is 3.74. The summed E-state index contributed by atoms with van der Waals surface area (Å²) < 4.78 is 3.83. The zero-order chi connectivity index (χ0) is 18.5. The van der Waals surface area contributed by atoms with Crippen molar-refractivity contribution < 1.29 is 4.79 Å². The lowest BCUT2D eigenvalue weighted by molar-refractivity contribution is -0.124. The molecule has 1 amide bonds. The van der Waals surface area contributed by atoms with Crippen LogP contribution >= 0.6 is 0 Å². The Hall–Kier alpha value is -3.56. The maximum absolute atomic E-state index is 12.3. The monoisotopic (exact) mass is 355 g/mol. The molecule has 10 nitrogen and oxygen atoms in total. The molecule has 0 saturated carbocycles. The van der Waals surface area contributed by atoms with E-state index < -0.39 is 11.6 Å². The summed E-state index contributed by atoms with van der Waals surface area (Å²) in [5.74, 6) is 0.0375. The molecular formula is C16H17N7O3. The molecule has 0 aromatic carbocycles. The minimum absolute atomic E-state index is 0.202. The molecule has 0 aliphatic rings. The number of amides is 1. The van der Waals surface area contributed by atoms with E-state index >= 15 is 0 Å². The SMILES string of the molecule is CC(C(=O)NCCn1ncccc1=O)n1nc(-n2cccn2)ccc1=O. The highest BCUT2D eigenvalue weighted by atomic mass is 16.2. The highest BCUT2D eigenvalue weighted by Gasteiger charge is 2.17. The molecule has 1 unspecified atom stereocenters. The summed E-state index contributed by atoms with van der Waals surface area (Å²) in [6.07, 6.45) is 4.77. The number of hydrogen-bond acceptors (Lipinski definition) is 6. The summed E-state index contributed by atoms with van der Waals surface area (Å²) in [5, 5.41) is 14.8. The average molecular weight is 355 g/mol. The smallest absolute Gasteiger partial charge is 0.267 e. The molecule has 134 valence electrons. The maximum atomic E-state index is 12.3. The minimum Gasteiger partial charge on any atom is -0.352 e. The average Bonchev–Trinajstić information content (AvgIpc) is 3.18. The van der Waals surface area contributed by atoms with Gasteiger partial charge in [0.25, 0.3) is 11.1 Å². The number of carbonyl (C=O) groups excluding carboxylic acids is 1. The van der Waals surface area contributed by atoms with Gasteiger partial charge in [-0.2, -0.15) is 10.2 Å². The maximum Gasteiger partial charge on any atom is 0.267 e. The number of nitrogens with zero attached hydrogens (tertiary/aromatic N) is 6. The van der Waals surface area contributed by atoms with Crippen LogP contribution in [0.5, 0.6) is 0 Å². The van der Waals surface area contributed by atoms with Gasteiger partial charge in [0.15, 0.2) is 5.82 Å². The van der Waals surface area contributed by atoms with Crippen LogP contribution < -0.4 is 16.4 Å². The fourth-order valence-electron chi connectivity index (χ4n) is 2.32. The van der Waals surface area contributed by atoms with Gasteiger partial charge in [0.2, 0.25) is 5.91 Å². The summed E-state index contributed by atoms with van der Waals surface area (Å²) in [5.41, 5.74) is -0.649. The van der Waals surface area contributed by atoms with Crippen molar-refractivity contribution in [3.8, 4) is 5.82 Å². The van der Waals surface area contributed by atoms with Crippen LogP contribution in [0.15, 0.2) is 58.5 Å². The topological polar surface area (TPSA) is 117 Å². The van der Waals surface area contributed by atoms with Crippen molar-refractivity contribution in [1.82, 2.24) is 34.7 Å². The van der Waals surface area contributed by atoms with Gasteiger partial charge in [-0.25, -0.2) is 14.0 Å². The van der Waals surface area contributed by atoms with Crippen LogP contribution in [0.3, 0.4) is 0 Å². The lowest BCUT2D eigenvalue weighted by Gasteiger charge is -2.15. The quantitative estimate of drug-likeness (QED) is 0.629. The van der Waals surface area contributed by atoms with E-state index in [9.17, 15) is 14.4 Å². The van der Waals surface area contributed by atoms with Crippen LogP contribution in [-0.2, 0) is 11.3 Å². The Morgan fingerprint density at radius 1 is 1.12 bits per heavy atom. The van der Waals surface area contributed by atoms with Gasteiger partial charge in [-0.05, 0) is 25.1 Å². The van der Waals surface area contributed by atoms with E-state index in [0.717, 1.165) is 4.68 Å². The van der Waals surface area contributed by atoms with Crippen molar-refractivity contribution in [3.63, 3.8) is 0 Å². The first kappa shape index (κ1) is 17.3. The molecule has 0 radical (unpaired) electrons. The summed E-state index contributed by atoms with van der Waals surface area (Å²) in [7, 11) is 0. The van der Waals surface area contributed by atoms with Crippen molar-refractivity contribution in [2.75, 3.05) is 6.54 Å². The first-order valence-corrected chi connectivity index (χ1v) is 7.96. The molecular weight excluding hydrogens is 338 g/mol. The van der Waals surface area contributed by atoms with Crippen LogP contribution in [0.1, 0.15) is 13.0 Å². The molecule has 26 heavy (non-hydrogen) atoms. The van der Waals surface area contributed by atoms with E-state index in [2.05, 4.69) is 20.6 Å². The normalized spacial score (nSPS) is 11.9. The number of nitrogens with one attached hydrogen (secondary N) is 1. The molecule has 0 bridgehead atoms. The Balaban J connectivity index is 1.68. The fraction of sp³-hybridized carbons (Fsp3) is 0.250. The van der Waals surface area contributed by atoms with Gasteiger partial charge in [-0.15, -0.1) is 5.10 Å². The van der Waals surface area contributed by atoms with Crippen molar-refractivity contribution in [3.05, 3.63) is 69.6 Å². The molecule has 1 atom stereocenters. The van der Waals surface area contributed by atoms with Gasteiger partial charge in [-0.1, -0.05) is 0 Å². The summed E-state index contributed by atoms with van der Waals surface area (Å²) in [6, 6.07) is 6.71. The largest absolute Gasteiger partial charge is 0.352 e. The molecule has 0 spiro atoms. The van der Waals surface area contributed by atoms with E-state index in [1.165, 1.54) is 33.8 Å². The van der Waals surface area contributed by atoms with Crippen molar-refractivity contribution in [2.45, 2.75) is 19.5 Å². The Kier molecular flexibility index (Phi) is 5.02. The predicted molar refractivity (Wildman–Crippen MR) is 91.8 cm³/mol. The molecule has 3 rings (SSSR count). The third-order valence-corrected chi connectivity index (χ3v) is 3.70. The Bertz CT molecular complexity index is 1010. The summed E-state index contributed by atoms with van der Waals surface area (Å²) in [4.78, 5) is 36.0.